The van der Waals surface area contributed by atoms with E-state index in [0.717, 1.165) is 0 Å². The summed E-state index contributed by atoms with van der Waals surface area (Å²) in [7, 11) is -3.62. The van der Waals surface area contributed by atoms with E-state index in [0.29, 0.717) is 35.3 Å². The number of nitrogens with zero attached hydrogens (tertiary/aromatic N) is 1. The van der Waals surface area contributed by atoms with Crippen molar-refractivity contribution in [1.29, 1.82) is 0 Å². The van der Waals surface area contributed by atoms with Crippen LogP contribution in [0.3, 0.4) is 0 Å². The number of benzene rings is 1. The van der Waals surface area contributed by atoms with Crippen molar-refractivity contribution >= 4 is 26.5 Å². The second kappa shape index (κ2) is 7.19. The van der Waals surface area contributed by atoms with E-state index in [1.807, 2.05) is 13.8 Å². The topological polar surface area (TPSA) is 74.2 Å². The summed E-state index contributed by atoms with van der Waals surface area (Å²) in [6.45, 7) is 8.10. The maximum absolute atomic E-state index is 12.6. The lowest BCUT2D eigenvalue weighted by Crippen LogP contribution is -2.23. The second-order valence-electron chi connectivity index (χ2n) is 6.03. The molecule has 0 unspecified atom stereocenters. The van der Waals surface area contributed by atoms with Crippen molar-refractivity contribution < 1.29 is 22.7 Å². The molecule has 0 radical (unpaired) electrons. The predicted octanol–water partition coefficient (Wildman–Crippen LogP) is 3.56. The average Bonchev–Trinajstić information content (AvgIpc) is 2.85. The van der Waals surface area contributed by atoms with Gasteiger partial charge in [0.25, 0.3) is 0 Å². The summed E-state index contributed by atoms with van der Waals surface area (Å²) in [4.78, 5) is 5.16. The van der Waals surface area contributed by atoms with Gasteiger partial charge in [-0.3, -0.25) is 0 Å². The maximum Gasteiger partial charge on any atom is 0.199 e. The van der Waals surface area contributed by atoms with E-state index in [-0.39, 0.29) is 17.2 Å². The van der Waals surface area contributed by atoms with Crippen LogP contribution in [0.15, 0.2) is 17.3 Å². The Morgan fingerprint density at radius 1 is 1.21 bits per heavy atom. The summed E-state index contributed by atoms with van der Waals surface area (Å²) in [5, 5.41) is 4.12. The Morgan fingerprint density at radius 3 is 2.38 bits per heavy atom. The van der Waals surface area contributed by atoms with Crippen LogP contribution in [0, 0.1) is 0 Å². The van der Waals surface area contributed by atoms with Gasteiger partial charge in [-0.1, -0.05) is 16.8 Å². The SMILES string of the molecule is CCOc1cc(OCC)c(CS(=O)(=O)C2=NOC(C)(C)C2)cc1Cl. The molecule has 24 heavy (non-hydrogen) atoms. The Hall–Kier alpha value is -1.47. The summed E-state index contributed by atoms with van der Waals surface area (Å²) in [5.41, 5.74) is -0.139. The van der Waals surface area contributed by atoms with Crippen molar-refractivity contribution in [3.05, 3.63) is 22.7 Å². The first kappa shape index (κ1) is 18.9. The molecule has 0 bridgehead atoms. The number of hydrogen-bond donors (Lipinski definition) is 0. The first-order valence-electron chi connectivity index (χ1n) is 7.74. The lowest BCUT2D eigenvalue weighted by atomic mass is 10.1. The van der Waals surface area contributed by atoms with Gasteiger partial charge in [-0.15, -0.1) is 0 Å². The zero-order chi connectivity index (χ0) is 18.0. The van der Waals surface area contributed by atoms with Crippen LogP contribution in [0.25, 0.3) is 0 Å². The van der Waals surface area contributed by atoms with Crippen molar-refractivity contribution in [2.75, 3.05) is 13.2 Å². The van der Waals surface area contributed by atoms with Gasteiger partial charge < -0.3 is 14.3 Å². The lowest BCUT2D eigenvalue weighted by Gasteiger charge is -2.15. The van der Waals surface area contributed by atoms with Gasteiger partial charge in [0.1, 0.15) is 17.1 Å². The first-order valence-corrected chi connectivity index (χ1v) is 9.77. The van der Waals surface area contributed by atoms with Gasteiger partial charge in [0.2, 0.25) is 0 Å². The van der Waals surface area contributed by atoms with Gasteiger partial charge >= 0.3 is 0 Å². The van der Waals surface area contributed by atoms with Gasteiger partial charge in [-0.25, -0.2) is 8.42 Å². The smallest absolute Gasteiger partial charge is 0.199 e. The molecular weight excluding hydrogens is 354 g/mol. The third-order valence-corrected chi connectivity index (χ3v) is 5.31. The molecule has 0 spiro atoms. The minimum Gasteiger partial charge on any atom is -0.493 e. The lowest BCUT2D eigenvalue weighted by molar-refractivity contribution is 0.0123. The molecule has 0 aliphatic carbocycles. The number of sulfone groups is 1. The van der Waals surface area contributed by atoms with Crippen molar-refractivity contribution in [1.82, 2.24) is 0 Å². The largest absolute Gasteiger partial charge is 0.493 e. The van der Waals surface area contributed by atoms with Crippen molar-refractivity contribution in [3.8, 4) is 11.5 Å². The van der Waals surface area contributed by atoms with Crippen molar-refractivity contribution in [2.24, 2.45) is 5.16 Å². The van der Waals surface area contributed by atoms with E-state index >= 15 is 0 Å². The molecule has 8 heteroatoms. The Bertz CT molecular complexity index is 743. The van der Waals surface area contributed by atoms with E-state index in [2.05, 4.69) is 5.16 Å². The average molecular weight is 376 g/mol. The summed E-state index contributed by atoms with van der Waals surface area (Å²) >= 11 is 6.18. The standard InChI is InChI=1S/C16H22ClNO5S/c1-5-21-13-8-14(22-6-2)12(17)7-11(13)10-24(19,20)15-9-16(3,4)23-18-15/h7-8H,5-6,9-10H2,1-4H3. The molecule has 2 rings (SSSR count). The summed E-state index contributed by atoms with van der Waals surface area (Å²) in [6, 6.07) is 3.19. The molecule has 0 aromatic heterocycles. The van der Waals surface area contributed by atoms with Gasteiger partial charge in [0, 0.05) is 18.1 Å². The van der Waals surface area contributed by atoms with Gasteiger partial charge in [-0.2, -0.15) is 0 Å². The molecule has 6 nitrogen and oxygen atoms in total. The van der Waals surface area contributed by atoms with E-state index < -0.39 is 15.4 Å². The van der Waals surface area contributed by atoms with E-state index in [1.165, 1.54) is 0 Å². The molecule has 0 saturated heterocycles. The Balaban J connectivity index is 2.33. The van der Waals surface area contributed by atoms with Crippen LogP contribution in [-0.4, -0.2) is 32.3 Å². The van der Waals surface area contributed by atoms with Crippen LogP contribution in [0.5, 0.6) is 11.5 Å². The fourth-order valence-corrected chi connectivity index (χ4v) is 4.06. The molecule has 1 aliphatic rings. The molecule has 1 aromatic carbocycles. The Morgan fingerprint density at radius 2 is 1.83 bits per heavy atom. The minimum absolute atomic E-state index is 0.0416. The first-order chi connectivity index (χ1) is 11.2. The fraction of sp³-hybridized carbons (Fsp3) is 0.562. The molecule has 1 heterocycles. The van der Waals surface area contributed by atoms with Gasteiger partial charge in [0.05, 0.1) is 24.0 Å². The molecule has 0 N–H and O–H groups in total. The molecule has 1 aliphatic heterocycles. The number of rotatable bonds is 6. The summed E-state index contributed by atoms with van der Waals surface area (Å²) in [5.74, 6) is 0.645. The van der Waals surface area contributed by atoms with Crippen LogP contribution in [-0.2, 0) is 20.4 Å². The number of hydrogen-bond acceptors (Lipinski definition) is 6. The monoisotopic (exact) mass is 375 g/mol. The van der Waals surface area contributed by atoms with E-state index in [9.17, 15) is 8.42 Å². The quantitative estimate of drug-likeness (QED) is 0.759. The van der Waals surface area contributed by atoms with Crippen LogP contribution in [0.4, 0.5) is 0 Å². The van der Waals surface area contributed by atoms with Crippen molar-refractivity contribution in [2.45, 2.75) is 45.5 Å². The molecule has 0 fully saturated rings. The number of halogens is 1. The zero-order valence-electron chi connectivity index (χ0n) is 14.3. The van der Waals surface area contributed by atoms with Crippen LogP contribution >= 0.6 is 11.6 Å². The zero-order valence-corrected chi connectivity index (χ0v) is 15.8. The molecule has 0 amide bonds. The highest BCUT2D eigenvalue weighted by atomic mass is 35.5. The van der Waals surface area contributed by atoms with Gasteiger partial charge in [0.15, 0.2) is 14.9 Å². The van der Waals surface area contributed by atoms with E-state index in [1.54, 1.807) is 26.0 Å². The third-order valence-electron chi connectivity index (χ3n) is 3.39. The summed E-state index contributed by atoms with van der Waals surface area (Å²) in [6.07, 6.45) is 0.240. The molecule has 1 aromatic rings. The highest BCUT2D eigenvalue weighted by Crippen LogP contribution is 2.35. The van der Waals surface area contributed by atoms with Crippen LogP contribution < -0.4 is 9.47 Å². The van der Waals surface area contributed by atoms with Gasteiger partial charge in [-0.05, 0) is 33.8 Å². The van der Waals surface area contributed by atoms with Crippen LogP contribution in [0.1, 0.15) is 39.7 Å². The highest BCUT2D eigenvalue weighted by Gasteiger charge is 2.36. The third kappa shape index (κ3) is 4.33. The number of oxime groups is 1. The Labute approximate surface area is 147 Å². The van der Waals surface area contributed by atoms with E-state index in [4.69, 9.17) is 25.9 Å². The highest BCUT2D eigenvalue weighted by molar-refractivity contribution is 8.05. The minimum atomic E-state index is -3.62. The molecule has 134 valence electrons. The second-order valence-corrected chi connectivity index (χ2v) is 8.42. The Kier molecular flexibility index (Phi) is 5.65. The molecule has 0 atom stereocenters. The number of ether oxygens (including phenoxy) is 2. The summed E-state index contributed by atoms with van der Waals surface area (Å²) < 4.78 is 36.2. The van der Waals surface area contributed by atoms with Crippen LogP contribution in [0.2, 0.25) is 5.02 Å². The molecule has 0 saturated carbocycles. The van der Waals surface area contributed by atoms with Crippen molar-refractivity contribution in [3.63, 3.8) is 0 Å². The maximum atomic E-state index is 12.6. The fourth-order valence-electron chi connectivity index (χ4n) is 2.30. The molecular formula is C16H22ClNO5S. The predicted molar refractivity (Wildman–Crippen MR) is 93.6 cm³/mol. The normalized spacial score (nSPS) is 16.5.